The molecule has 0 N–H and O–H groups in total. The van der Waals surface area contributed by atoms with E-state index >= 15 is 0 Å². The van der Waals surface area contributed by atoms with Crippen LogP contribution in [0.2, 0.25) is 0 Å². The van der Waals surface area contributed by atoms with Crippen molar-refractivity contribution in [2.75, 3.05) is 13.2 Å². The molecule has 0 bridgehead atoms. The largest absolute Gasteiger partial charge is 0.457 e. The number of carbonyl (C=O) groups is 1. The van der Waals surface area contributed by atoms with Gasteiger partial charge in [0.25, 0.3) is 5.69 Å². The molecule has 6 nitrogen and oxygen atoms in total. The highest BCUT2D eigenvalue weighted by Gasteiger charge is 2.18. The molecule has 0 saturated heterocycles. The number of halogens is 1. The van der Waals surface area contributed by atoms with Crippen molar-refractivity contribution >= 4 is 34.2 Å². The summed E-state index contributed by atoms with van der Waals surface area (Å²) in [6, 6.07) is 4.09. The molecule has 0 aliphatic heterocycles. The number of esters is 1. The molecule has 0 amide bonds. The third kappa shape index (κ3) is 4.75. The molecule has 19 heavy (non-hydrogen) atoms. The fraction of sp³-hybridized carbons (Fsp3) is 0.417. The Hall–Kier alpha value is -1.22. The molecule has 1 rings (SSSR count). The number of hydrogen-bond donors (Lipinski definition) is 0. The average Bonchev–Trinajstić information content (AvgIpc) is 2.36. The summed E-state index contributed by atoms with van der Waals surface area (Å²) in [5.74, 6) is -0.583. The van der Waals surface area contributed by atoms with E-state index in [0.29, 0.717) is 16.8 Å². The summed E-state index contributed by atoms with van der Waals surface area (Å²) in [5, 5.41) is 10.7. The molecule has 0 spiro atoms. The number of ether oxygens (including phenoxy) is 2. The summed E-state index contributed by atoms with van der Waals surface area (Å²) in [4.78, 5) is 22.0. The molecule has 1 unspecified atom stereocenters. The van der Waals surface area contributed by atoms with Gasteiger partial charge in [0, 0.05) is 22.3 Å². The van der Waals surface area contributed by atoms with Gasteiger partial charge in [-0.1, -0.05) is 0 Å². The Bertz CT molecular complexity index is 477. The van der Waals surface area contributed by atoms with Gasteiger partial charge in [0.15, 0.2) is 0 Å². The van der Waals surface area contributed by atoms with Gasteiger partial charge in [-0.2, -0.15) is 0 Å². The first kappa shape index (κ1) is 15.8. The lowest BCUT2D eigenvalue weighted by Gasteiger charge is -2.13. The van der Waals surface area contributed by atoms with Crippen LogP contribution in [0.5, 0.6) is 0 Å². The molecule has 7 heteroatoms. The van der Waals surface area contributed by atoms with Gasteiger partial charge in [0.2, 0.25) is 0 Å². The Morgan fingerprint density at radius 2 is 2.21 bits per heavy atom. The third-order valence-corrected chi connectivity index (χ3v) is 3.19. The fourth-order valence-corrected chi connectivity index (χ4v) is 1.90. The van der Waals surface area contributed by atoms with Gasteiger partial charge >= 0.3 is 5.97 Å². The quantitative estimate of drug-likeness (QED) is 0.329. The van der Waals surface area contributed by atoms with Crippen molar-refractivity contribution in [3.8, 4) is 0 Å². The van der Waals surface area contributed by atoms with Gasteiger partial charge in [-0.25, -0.2) is 4.79 Å². The van der Waals surface area contributed by atoms with Crippen LogP contribution in [0.3, 0.4) is 0 Å². The number of hydrogen-bond acceptors (Lipinski definition) is 5. The minimum atomic E-state index is -0.583. The van der Waals surface area contributed by atoms with Crippen LogP contribution in [0.1, 0.15) is 24.2 Å². The summed E-state index contributed by atoms with van der Waals surface area (Å²) < 4.78 is 10.9. The van der Waals surface area contributed by atoms with Crippen molar-refractivity contribution in [2.45, 2.75) is 20.0 Å². The minimum Gasteiger partial charge on any atom is -0.457 e. The normalized spacial score (nSPS) is 11.9. The van der Waals surface area contributed by atoms with Crippen molar-refractivity contribution in [2.24, 2.45) is 0 Å². The highest BCUT2D eigenvalue weighted by molar-refractivity contribution is 14.1. The molecule has 0 fully saturated rings. The second-order valence-electron chi connectivity index (χ2n) is 3.80. The summed E-state index contributed by atoms with van der Waals surface area (Å²) in [6.45, 7) is 4.39. The predicted molar refractivity (Wildman–Crippen MR) is 77.2 cm³/mol. The van der Waals surface area contributed by atoms with Crippen LogP contribution >= 0.6 is 22.6 Å². The summed E-state index contributed by atoms with van der Waals surface area (Å²) in [6.07, 6.45) is -0.400. The number of nitro benzene ring substituents is 1. The molecule has 0 aliphatic carbocycles. The van der Waals surface area contributed by atoms with Crippen molar-refractivity contribution < 1.29 is 19.2 Å². The van der Waals surface area contributed by atoms with Gasteiger partial charge in [0.1, 0.15) is 6.10 Å². The van der Waals surface area contributed by atoms with E-state index in [4.69, 9.17) is 9.47 Å². The Kier molecular flexibility index (Phi) is 6.16. The van der Waals surface area contributed by atoms with Gasteiger partial charge < -0.3 is 9.47 Å². The van der Waals surface area contributed by atoms with Crippen molar-refractivity contribution in [3.63, 3.8) is 0 Å². The Labute approximate surface area is 124 Å². The molecule has 104 valence electrons. The summed E-state index contributed by atoms with van der Waals surface area (Å²) in [5.41, 5.74) is 0.0583. The Morgan fingerprint density at radius 1 is 1.53 bits per heavy atom. The highest BCUT2D eigenvalue weighted by Crippen LogP contribution is 2.20. The second-order valence-corrected chi connectivity index (χ2v) is 4.96. The minimum absolute atomic E-state index is 0.134. The topological polar surface area (TPSA) is 78.7 Å². The first-order chi connectivity index (χ1) is 8.95. The smallest absolute Gasteiger partial charge is 0.339 e. The van der Waals surface area contributed by atoms with Crippen LogP contribution in [0, 0.1) is 13.7 Å². The molecule has 0 aliphatic rings. The van der Waals surface area contributed by atoms with E-state index in [1.54, 1.807) is 6.92 Å². The van der Waals surface area contributed by atoms with E-state index < -0.39 is 17.0 Å². The maximum Gasteiger partial charge on any atom is 0.339 e. The molecule has 1 atom stereocenters. The molecular weight excluding hydrogens is 365 g/mol. The Balaban J connectivity index is 2.81. The SMILES string of the molecule is CCOCC(C)OC(=O)c1cc([N+](=O)[O-])ccc1I. The van der Waals surface area contributed by atoms with Crippen LogP contribution < -0.4 is 0 Å². The number of carbonyl (C=O) groups excluding carboxylic acids is 1. The number of benzene rings is 1. The van der Waals surface area contributed by atoms with Crippen molar-refractivity contribution in [1.82, 2.24) is 0 Å². The molecule has 1 aromatic carbocycles. The zero-order valence-electron chi connectivity index (χ0n) is 10.6. The fourth-order valence-electron chi connectivity index (χ4n) is 1.35. The third-order valence-electron chi connectivity index (χ3n) is 2.25. The molecular formula is C12H14INO5. The zero-order chi connectivity index (χ0) is 14.4. The summed E-state index contributed by atoms with van der Waals surface area (Å²) in [7, 11) is 0. The first-order valence-electron chi connectivity index (χ1n) is 5.68. The van der Waals surface area contributed by atoms with E-state index in [0.717, 1.165) is 0 Å². The van der Waals surface area contributed by atoms with Gasteiger partial charge in [-0.3, -0.25) is 10.1 Å². The zero-order valence-corrected chi connectivity index (χ0v) is 12.7. The van der Waals surface area contributed by atoms with Gasteiger partial charge in [-0.05, 0) is 42.5 Å². The van der Waals surface area contributed by atoms with Crippen molar-refractivity contribution in [3.05, 3.63) is 37.4 Å². The molecule has 0 saturated carbocycles. The average molecular weight is 379 g/mol. The lowest BCUT2D eigenvalue weighted by atomic mass is 10.2. The monoisotopic (exact) mass is 379 g/mol. The maximum atomic E-state index is 11.9. The van der Waals surface area contributed by atoms with Crippen LogP contribution in [0.15, 0.2) is 18.2 Å². The van der Waals surface area contributed by atoms with Crippen LogP contribution in [-0.4, -0.2) is 30.2 Å². The van der Waals surface area contributed by atoms with Gasteiger partial charge in [-0.15, -0.1) is 0 Å². The lowest BCUT2D eigenvalue weighted by Crippen LogP contribution is -2.21. The van der Waals surface area contributed by atoms with Crippen LogP contribution in [0.4, 0.5) is 5.69 Å². The molecule has 0 aromatic heterocycles. The number of non-ortho nitro benzene ring substituents is 1. The van der Waals surface area contributed by atoms with Crippen LogP contribution in [-0.2, 0) is 9.47 Å². The highest BCUT2D eigenvalue weighted by atomic mass is 127. The number of nitro groups is 1. The summed E-state index contributed by atoms with van der Waals surface area (Å²) >= 11 is 1.94. The second kappa shape index (κ2) is 7.39. The molecule has 1 aromatic rings. The van der Waals surface area contributed by atoms with Gasteiger partial charge in [0.05, 0.1) is 17.1 Å². The van der Waals surface area contributed by atoms with E-state index in [1.165, 1.54) is 18.2 Å². The molecule has 0 radical (unpaired) electrons. The Morgan fingerprint density at radius 3 is 2.79 bits per heavy atom. The number of nitrogens with zero attached hydrogens (tertiary/aromatic N) is 1. The van der Waals surface area contributed by atoms with Crippen LogP contribution in [0.25, 0.3) is 0 Å². The number of rotatable bonds is 6. The standard InChI is InChI=1S/C12H14INO5/c1-3-18-7-8(2)19-12(15)10-6-9(14(16)17)4-5-11(10)13/h4-6,8H,3,7H2,1-2H3. The lowest BCUT2D eigenvalue weighted by molar-refractivity contribution is -0.384. The molecule has 0 heterocycles. The first-order valence-corrected chi connectivity index (χ1v) is 6.76. The predicted octanol–water partition coefficient (Wildman–Crippen LogP) is 2.78. The maximum absolute atomic E-state index is 11.9. The van der Waals surface area contributed by atoms with E-state index in [-0.39, 0.29) is 11.3 Å². The van der Waals surface area contributed by atoms with E-state index in [1.807, 2.05) is 29.5 Å². The van der Waals surface area contributed by atoms with E-state index in [9.17, 15) is 14.9 Å². The van der Waals surface area contributed by atoms with Crippen molar-refractivity contribution in [1.29, 1.82) is 0 Å². The van der Waals surface area contributed by atoms with E-state index in [2.05, 4.69) is 0 Å².